The van der Waals surface area contributed by atoms with E-state index in [9.17, 15) is 12.8 Å². The first-order chi connectivity index (χ1) is 11.5. The van der Waals surface area contributed by atoms with Gasteiger partial charge in [-0.1, -0.05) is 32.0 Å². The number of hydrogen-bond acceptors (Lipinski definition) is 3. The normalized spacial score (nSPS) is 13.7. The quantitative estimate of drug-likeness (QED) is 0.328. The Morgan fingerprint density at radius 2 is 1.92 bits per heavy atom. The molecule has 0 aliphatic rings. The minimum atomic E-state index is -2.99. The summed E-state index contributed by atoms with van der Waals surface area (Å²) in [5, 5.41) is 6.35. The van der Waals surface area contributed by atoms with Crippen LogP contribution in [0.1, 0.15) is 39.7 Å². The van der Waals surface area contributed by atoms with Crippen molar-refractivity contribution in [1.82, 2.24) is 10.6 Å². The maximum Gasteiger partial charge on any atom is 0.191 e. The van der Waals surface area contributed by atoms with Crippen LogP contribution in [0.4, 0.5) is 4.39 Å². The highest BCUT2D eigenvalue weighted by Gasteiger charge is 2.24. The number of rotatable bonds is 8. The molecule has 150 valence electrons. The Bertz CT molecular complexity index is 693. The number of sulfone groups is 1. The number of halogens is 2. The van der Waals surface area contributed by atoms with E-state index in [1.807, 2.05) is 33.8 Å². The molecular formula is C18H31FIN3O2S. The van der Waals surface area contributed by atoms with E-state index in [1.54, 1.807) is 12.1 Å². The fourth-order valence-electron chi connectivity index (χ4n) is 2.39. The average molecular weight is 499 g/mol. The van der Waals surface area contributed by atoms with E-state index in [2.05, 4.69) is 15.6 Å². The van der Waals surface area contributed by atoms with Gasteiger partial charge in [-0.05, 0) is 31.9 Å². The molecule has 1 unspecified atom stereocenters. The molecule has 0 aliphatic heterocycles. The van der Waals surface area contributed by atoms with Gasteiger partial charge in [0.25, 0.3) is 0 Å². The van der Waals surface area contributed by atoms with Gasteiger partial charge in [0.05, 0.1) is 12.3 Å². The standard InChI is InChI=1S/C18H30FN3O2S.HI/c1-6-20-17(22-14(2)11-12-25(5,23)24)21-13-18(3,4)15-9-7-8-10-16(15)19;/h7-10,14H,6,11-13H2,1-5H3,(H2,20,21,22);1H. The lowest BCUT2D eigenvalue weighted by molar-refractivity contribution is 0.491. The molecule has 0 aromatic heterocycles. The van der Waals surface area contributed by atoms with Crippen LogP contribution >= 0.6 is 24.0 Å². The Kier molecular flexibility index (Phi) is 10.7. The van der Waals surface area contributed by atoms with Crippen LogP contribution in [0, 0.1) is 5.82 Å². The first kappa shape index (κ1) is 25.1. The number of hydrogen-bond donors (Lipinski definition) is 2. The minimum Gasteiger partial charge on any atom is -0.357 e. The third kappa shape index (κ3) is 9.16. The first-order valence-corrected chi connectivity index (χ1v) is 10.6. The fourth-order valence-corrected chi connectivity index (χ4v) is 3.17. The van der Waals surface area contributed by atoms with E-state index < -0.39 is 15.3 Å². The predicted octanol–water partition coefficient (Wildman–Crippen LogP) is 3.10. The van der Waals surface area contributed by atoms with E-state index in [1.165, 1.54) is 12.3 Å². The smallest absolute Gasteiger partial charge is 0.191 e. The predicted molar refractivity (Wildman–Crippen MR) is 118 cm³/mol. The maximum atomic E-state index is 14.0. The molecule has 0 spiro atoms. The molecule has 8 heteroatoms. The first-order valence-electron chi connectivity index (χ1n) is 8.52. The van der Waals surface area contributed by atoms with Crippen molar-refractivity contribution in [3.05, 3.63) is 35.6 Å². The number of guanidine groups is 1. The fraction of sp³-hybridized carbons (Fsp3) is 0.611. The Hall–Kier alpha value is -0.900. The zero-order chi connectivity index (χ0) is 19.1. The molecule has 0 heterocycles. The molecule has 0 amide bonds. The summed E-state index contributed by atoms with van der Waals surface area (Å²) < 4.78 is 36.6. The third-order valence-corrected chi connectivity index (χ3v) is 4.86. The number of nitrogens with zero attached hydrogens (tertiary/aromatic N) is 1. The van der Waals surface area contributed by atoms with Gasteiger partial charge >= 0.3 is 0 Å². The van der Waals surface area contributed by atoms with Crippen LogP contribution in [0.3, 0.4) is 0 Å². The molecule has 0 fully saturated rings. The van der Waals surface area contributed by atoms with Gasteiger partial charge in [-0.3, -0.25) is 4.99 Å². The molecule has 0 bridgehead atoms. The van der Waals surface area contributed by atoms with Gasteiger partial charge in [0.1, 0.15) is 15.7 Å². The van der Waals surface area contributed by atoms with E-state index in [0.717, 1.165) is 0 Å². The lowest BCUT2D eigenvalue weighted by atomic mass is 9.84. The molecule has 0 aliphatic carbocycles. The van der Waals surface area contributed by atoms with Crippen LogP contribution in [0.2, 0.25) is 0 Å². The maximum absolute atomic E-state index is 14.0. The molecular weight excluding hydrogens is 468 g/mol. The lowest BCUT2D eigenvalue weighted by Gasteiger charge is -2.25. The zero-order valence-electron chi connectivity index (χ0n) is 16.2. The Labute approximate surface area is 174 Å². The van der Waals surface area contributed by atoms with Crippen molar-refractivity contribution in [2.45, 2.75) is 45.6 Å². The third-order valence-electron chi connectivity index (χ3n) is 3.88. The van der Waals surface area contributed by atoms with Gasteiger partial charge in [0, 0.05) is 24.3 Å². The lowest BCUT2D eigenvalue weighted by Crippen LogP contribution is -2.43. The summed E-state index contributed by atoms with van der Waals surface area (Å²) >= 11 is 0. The topological polar surface area (TPSA) is 70.6 Å². The van der Waals surface area contributed by atoms with Gasteiger partial charge in [-0.15, -0.1) is 24.0 Å². The molecule has 1 aromatic carbocycles. The van der Waals surface area contributed by atoms with Crippen molar-refractivity contribution >= 4 is 39.8 Å². The van der Waals surface area contributed by atoms with Crippen molar-refractivity contribution in [1.29, 1.82) is 0 Å². The second-order valence-electron chi connectivity index (χ2n) is 7.02. The van der Waals surface area contributed by atoms with Gasteiger partial charge in [-0.25, -0.2) is 12.8 Å². The monoisotopic (exact) mass is 499 g/mol. The van der Waals surface area contributed by atoms with Crippen molar-refractivity contribution in [3.63, 3.8) is 0 Å². The molecule has 1 rings (SSSR count). The number of aliphatic imine (C=N–C) groups is 1. The van der Waals surface area contributed by atoms with Crippen molar-refractivity contribution in [2.24, 2.45) is 4.99 Å². The molecule has 0 radical (unpaired) electrons. The van der Waals surface area contributed by atoms with Crippen LogP contribution in [0.5, 0.6) is 0 Å². The molecule has 5 nitrogen and oxygen atoms in total. The van der Waals surface area contributed by atoms with Crippen LogP contribution in [-0.2, 0) is 15.3 Å². The van der Waals surface area contributed by atoms with Crippen LogP contribution in [0.25, 0.3) is 0 Å². The highest BCUT2D eigenvalue weighted by molar-refractivity contribution is 14.0. The van der Waals surface area contributed by atoms with E-state index in [0.29, 0.717) is 31.0 Å². The summed E-state index contributed by atoms with van der Waals surface area (Å²) in [5.74, 6) is 0.497. The molecule has 1 atom stereocenters. The van der Waals surface area contributed by atoms with E-state index >= 15 is 0 Å². The molecule has 0 saturated heterocycles. The summed E-state index contributed by atoms with van der Waals surface area (Å²) in [6, 6.07) is 6.69. The average Bonchev–Trinajstić information content (AvgIpc) is 2.50. The summed E-state index contributed by atoms with van der Waals surface area (Å²) in [6.45, 7) is 8.87. The highest BCUT2D eigenvalue weighted by Crippen LogP contribution is 2.25. The van der Waals surface area contributed by atoms with Crippen molar-refractivity contribution in [2.75, 3.05) is 25.1 Å². The summed E-state index contributed by atoms with van der Waals surface area (Å²) in [4.78, 5) is 4.57. The largest absolute Gasteiger partial charge is 0.357 e. The summed E-state index contributed by atoms with van der Waals surface area (Å²) in [5.41, 5.74) is 0.170. The zero-order valence-corrected chi connectivity index (χ0v) is 19.3. The Morgan fingerprint density at radius 3 is 2.46 bits per heavy atom. The minimum absolute atomic E-state index is 0. The summed E-state index contributed by atoms with van der Waals surface area (Å²) in [6.07, 6.45) is 1.73. The van der Waals surface area contributed by atoms with Crippen LogP contribution < -0.4 is 10.6 Å². The Morgan fingerprint density at radius 1 is 1.31 bits per heavy atom. The van der Waals surface area contributed by atoms with Gasteiger partial charge < -0.3 is 10.6 Å². The van der Waals surface area contributed by atoms with Crippen molar-refractivity contribution < 1.29 is 12.8 Å². The number of nitrogens with one attached hydrogen (secondary N) is 2. The second-order valence-corrected chi connectivity index (χ2v) is 9.28. The SMILES string of the molecule is CCNC(=NCC(C)(C)c1ccccc1F)NC(C)CCS(C)(=O)=O.I. The van der Waals surface area contributed by atoms with Crippen LogP contribution in [-0.4, -0.2) is 45.5 Å². The van der Waals surface area contributed by atoms with Crippen LogP contribution in [0.15, 0.2) is 29.3 Å². The van der Waals surface area contributed by atoms with Gasteiger partial charge in [0.2, 0.25) is 0 Å². The molecule has 1 aromatic rings. The highest BCUT2D eigenvalue weighted by atomic mass is 127. The molecule has 2 N–H and O–H groups in total. The summed E-state index contributed by atoms with van der Waals surface area (Å²) in [7, 11) is -2.99. The van der Waals surface area contributed by atoms with Gasteiger partial charge in [0.15, 0.2) is 5.96 Å². The second kappa shape index (κ2) is 11.1. The van der Waals surface area contributed by atoms with Crippen molar-refractivity contribution in [3.8, 4) is 0 Å². The van der Waals surface area contributed by atoms with Gasteiger partial charge in [-0.2, -0.15) is 0 Å². The molecule has 0 saturated carbocycles. The van der Waals surface area contributed by atoms with E-state index in [-0.39, 0.29) is 41.6 Å². The molecule has 26 heavy (non-hydrogen) atoms. The number of benzene rings is 1. The van der Waals surface area contributed by atoms with E-state index in [4.69, 9.17) is 0 Å². The Balaban J connectivity index is 0.00000625.